The molecule has 2 amide bonds. The van der Waals surface area contributed by atoms with Gasteiger partial charge in [0.25, 0.3) is 10.0 Å². The summed E-state index contributed by atoms with van der Waals surface area (Å²) >= 11 is 12.5. The Labute approximate surface area is 261 Å². The molecule has 0 saturated heterocycles. The molecule has 3 rings (SSSR count). The molecule has 232 valence electrons. The van der Waals surface area contributed by atoms with E-state index in [2.05, 4.69) is 5.32 Å². The van der Waals surface area contributed by atoms with Crippen molar-refractivity contribution < 1.29 is 31.9 Å². The van der Waals surface area contributed by atoms with Crippen LogP contribution >= 0.6 is 23.2 Å². The van der Waals surface area contributed by atoms with Gasteiger partial charge < -0.3 is 19.7 Å². The summed E-state index contributed by atoms with van der Waals surface area (Å²) in [5.41, 5.74) is -0.0822. The molecule has 0 heterocycles. The third-order valence-electron chi connectivity index (χ3n) is 6.36. The Morgan fingerprint density at radius 2 is 1.58 bits per heavy atom. The monoisotopic (exact) mass is 653 g/mol. The summed E-state index contributed by atoms with van der Waals surface area (Å²) in [6, 6.07) is 12.4. The summed E-state index contributed by atoms with van der Waals surface area (Å²) < 4.78 is 53.3. The lowest BCUT2D eigenvalue weighted by Crippen LogP contribution is -2.54. The third-order valence-corrected chi connectivity index (χ3v) is 8.71. The summed E-state index contributed by atoms with van der Waals surface area (Å²) in [5.74, 6) is -1.31. The highest BCUT2D eigenvalue weighted by atomic mass is 35.5. The number of hydrogen-bond donors (Lipinski definition) is 1. The SMILES string of the molecule is COc1ccc(S(=O)(=O)N(CC(=O)N(Cc2ccc(Cl)cc2Cl)C(C)C(=O)NC(C)(C)C)c2ccc(F)cc2)cc1OC. The van der Waals surface area contributed by atoms with Gasteiger partial charge in [-0.25, -0.2) is 12.8 Å². The first-order valence-electron chi connectivity index (χ1n) is 13.1. The van der Waals surface area contributed by atoms with Crippen molar-refractivity contribution in [1.29, 1.82) is 0 Å². The molecule has 0 aliphatic rings. The number of amides is 2. The summed E-state index contributed by atoms with van der Waals surface area (Å²) in [6.07, 6.45) is 0. The Morgan fingerprint density at radius 1 is 0.953 bits per heavy atom. The van der Waals surface area contributed by atoms with Gasteiger partial charge in [-0.1, -0.05) is 29.3 Å². The molecule has 43 heavy (non-hydrogen) atoms. The van der Waals surface area contributed by atoms with Gasteiger partial charge in [-0.3, -0.25) is 13.9 Å². The zero-order valence-electron chi connectivity index (χ0n) is 24.7. The molecule has 3 aromatic rings. The first-order chi connectivity index (χ1) is 20.1. The number of ether oxygens (including phenoxy) is 2. The van der Waals surface area contributed by atoms with Crippen molar-refractivity contribution in [3.05, 3.63) is 82.1 Å². The number of hydrogen-bond acceptors (Lipinski definition) is 6. The summed E-state index contributed by atoms with van der Waals surface area (Å²) in [6.45, 7) is 6.08. The van der Waals surface area contributed by atoms with Crippen molar-refractivity contribution in [2.45, 2.75) is 50.7 Å². The minimum Gasteiger partial charge on any atom is -0.493 e. The average molecular weight is 655 g/mol. The van der Waals surface area contributed by atoms with Crippen molar-refractivity contribution in [2.75, 3.05) is 25.1 Å². The standard InChI is InChI=1S/C30H34Cl2FN3O6S/c1-19(29(38)34-30(2,3)4)35(17-20-7-8-21(31)15-25(20)32)28(37)18-36(23-11-9-22(33)10-12-23)43(39,40)24-13-14-26(41-5)27(16-24)42-6/h7-16,19H,17-18H2,1-6H3,(H,34,38). The van der Waals surface area contributed by atoms with E-state index in [4.69, 9.17) is 32.7 Å². The molecule has 0 saturated carbocycles. The molecular formula is C30H34Cl2FN3O6S. The van der Waals surface area contributed by atoms with Crippen molar-refractivity contribution in [3.63, 3.8) is 0 Å². The lowest BCUT2D eigenvalue weighted by Gasteiger charge is -2.33. The van der Waals surface area contributed by atoms with Gasteiger partial charge in [-0.2, -0.15) is 0 Å². The summed E-state index contributed by atoms with van der Waals surface area (Å²) in [7, 11) is -1.66. The van der Waals surface area contributed by atoms with Crippen molar-refractivity contribution in [3.8, 4) is 11.5 Å². The van der Waals surface area contributed by atoms with Crippen LogP contribution in [0.15, 0.2) is 65.6 Å². The highest BCUT2D eigenvalue weighted by Gasteiger charge is 2.34. The summed E-state index contributed by atoms with van der Waals surface area (Å²) in [5, 5.41) is 3.50. The molecule has 0 radical (unpaired) electrons. The van der Waals surface area contributed by atoms with Gasteiger partial charge in [-0.05, 0) is 81.8 Å². The largest absolute Gasteiger partial charge is 0.493 e. The van der Waals surface area contributed by atoms with E-state index in [1.165, 1.54) is 62.4 Å². The maximum absolute atomic E-state index is 14.0. The fraction of sp³-hybridized carbons (Fsp3) is 0.333. The highest BCUT2D eigenvalue weighted by molar-refractivity contribution is 7.92. The Bertz CT molecular complexity index is 1580. The van der Waals surface area contributed by atoms with E-state index >= 15 is 0 Å². The van der Waals surface area contributed by atoms with E-state index in [0.717, 1.165) is 16.4 Å². The predicted molar refractivity (Wildman–Crippen MR) is 165 cm³/mol. The normalized spacial score (nSPS) is 12.3. The van der Waals surface area contributed by atoms with Crippen molar-refractivity contribution in [1.82, 2.24) is 10.2 Å². The zero-order valence-corrected chi connectivity index (χ0v) is 27.0. The predicted octanol–water partition coefficient (Wildman–Crippen LogP) is 5.68. The second-order valence-electron chi connectivity index (χ2n) is 10.7. The van der Waals surface area contributed by atoms with E-state index in [1.54, 1.807) is 32.9 Å². The summed E-state index contributed by atoms with van der Waals surface area (Å²) in [4.78, 5) is 28.3. The maximum atomic E-state index is 14.0. The molecule has 1 atom stereocenters. The molecule has 9 nitrogen and oxygen atoms in total. The minimum absolute atomic E-state index is 0.0285. The van der Waals surface area contributed by atoms with Crippen molar-refractivity contribution >= 4 is 50.7 Å². The van der Waals surface area contributed by atoms with E-state index in [9.17, 15) is 22.4 Å². The third kappa shape index (κ3) is 8.52. The van der Waals surface area contributed by atoms with Crippen LogP contribution in [-0.4, -0.2) is 57.5 Å². The Balaban J connectivity index is 2.10. The molecule has 1 N–H and O–H groups in total. The lowest BCUT2D eigenvalue weighted by atomic mass is 10.1. The van der Waals surface area contributed by atoms with E-state index < -0.39 is 45.8 Å². The lowest BCUT2D eigenvalue weighted by molar-refractivity contribution is -0.140. The number of nitrogens with one attached hydrogen (secondary N) is 1. The number of benzene rings is 3. The number of nitrogens with zero attached hydrogens (tertiary/aromatic N) is 2. The number of carbonyl (C=O) groups excluding carboxylic acids is 2. The first-order valence-corrected chi connectivity index (χ1v) is 15.3. The van der Waals surface area contributed by atoms with Crippen LogP contribution in [0.1, 0.15) is 33.3 Å². The molecule has 0 aromatic heterocycles. The van der Waals surface area contributed by atoms with Gasteiger partial charge in [0.2, 0.25) is 11.8 Å². The first kappa shape index (κ1) is 34.0. The molecule has 0 aliphatic heterocycles. The average Bonchev–Trinajstić information content (AvgIpc) is 2.94. The molecule has 0 aliphatic carbocycles. The molecule has 1 unspecified atom stereocenters. The van der Waals surface area contributed by atoms with Gasteiger partial charge in [0.15, 0.2) is 11.5 Å². The van der Waals surface area contributed by atoms with Crippen LogP contribution in [0.25, 0.3) is 0 Å². The molecule has 0 bridgehead atoms. The van der Waals surface area contributed by atoms with Crippen LogP contribution in [0.2, 0.25) is 10.0 Å². The quantitative estimate of drug-likeness (QED) is 0.286. The number of halogens is 3. The van der Waals surface area contributed by atoms with Gasteiger partial charge in [-0.15, -0.1) is 0 Å². The van der Waals surface area contributed by atoms with Crippen LogP contribution in [0.5, 0.6) is 11.5 Å². The maximum Gasteiger partial charge on any atom is 0.264 e. The Kier molecular flexibility index (Phi) is 10.9. The number of methoxy groups -OCH3 is 2. The highest BCUT2D eigenvalue weighted by Crippen LogP contribution is 2.32. The number of sulfonamides is 1. The van der Waals surface area contributed by atoms with Crippen LogP contribution < -0.4 is 19.1 Å². The Hall–Kier alpha value is -3.54. The number of anilines is 1. The number of carbonyl (C=O) groups is 2. The van der Waals surface area contributed by atoms with E-state index in [-0.39, 0.29) is 27.9 Å². The van der Waals surface area contributed by atoms with E-state index in [0.29, 0.717) is 16.3 Å². The van der Waals surface area contributed by atoms with Crippen LogP contribution in [0.3, 0.4) is 0 Å². The Morgan fingerprint density at radius 3 is 2.14 bits per heavy atom. The zero-order chi connectivity index (χ0) is 32.1. The second kappa shape index (κ2) is 13.8. The van der Waals surface area contributed by atoms with Crippen LogP contribution in [-0.2, 0) is 26.2 Å². The minimum atomic E-state index is -4.43. The number of rotatable bonds is 11. The smallest absolute Gasteiger partial charge is 0.264 e. The van der Waals surface area contributed by atoms with Gasteiger partial charge in [0, 0.05) is 28.2 Å². The molecule has 3 aromatic carbocycles. The molecule has 0 spiro atoms. The molecule has 0 fully saturated rings. The van der Waals surface area contributed by atoms with Crippen LogP contribution in [0, 0.1) is 5.82 Å². The molecular weight excluding hydrogens is 620 g/mol. The fourth-order valence-corrected chi connectivity index (χ4v) is 6.03. The van der Waals surface area contributed by atoms with Crippen molar-refractivity contribution in [2.24, 2.45) is 0 Å². The van der Waals surface area contributed by atoms with Gasteiger partial charge in [0.1, 0.15) is 18.4 Å². The molecule has 13 heteroatoms. The second-order valence-corrected chi connectivity index (χ2v) is 13.4. The van der Waals surface area contributed by atoms with Gasteiger partial charge >= 0.3 is 0 Å². The van der Waals surface area contributed by atoms with Crippen LogP contribution in [0.4, 0.5) is 10.1 Å². The van der Waals surface area contributed by atoms with E-state index in [1.807, 2.05) is 0 Å². The topological polar surface area (TPSA) is 105 Å². The van der Waals surface area contributed by atoms with Gasteiger partial charge in [0.05, 0.1) is 24.8 Å². The fourth-order valence-electron chi connectivity index (χ4n) is 4.13.